The molecule has 0 radical (unpaired) electrons. The van der Waals surface area contributed by atoms with Gasteiger partial charge in [0.15, 0.2) is 0 Å². The summed E-state index contributed by atoms with van der Waals surface area (Å²) in [6.07, 6.45) is 5.10. The van der Waals surface area contributed by atoms with E-state index in [1.54, 1.807) is 0 Å². The molecule has 0 aromatic carbocycles. The van der Waals surface area contributed by atoms with Crippen molar-refractivity contribution in [3.8, 4) is 12.3 Å². The summed E-state index contributed by atoms with van der Waals surface area (Å²) in [5.74, 6) is 2.96. The monoisotopic (exact) mass is 239 g/mol. The van der Waals surface area contributed by atoms with Crippen LogP contribution in [0.25, 0.3) is 0 Å². The molecule has 0 heterocycles. The number of nitrogens with one attached hydrogen (secondary N) is 1. The molecule has 1 N–H and O–H groups in total. The Morgan fingerprint density at radius 1 is 1.35 bits per heavy atom. The Labute approximate surface area is 105 Å². The van der Waals surface area contributed by atoms with Crippen molar-refractivity contribution in [2.45, 2.75) is 13.8 Å². The number of carbonyl (C=O) groups excluding carboxylic acids is 1. The molecule has 98 valence electrons. The van der Waals surface area contributed by atoms with E-state index in [4.69, 9.17) is 6.42 Å². The summed E-state index contributed by atoms with van der Waals surface area (Å²) >= 11 is 0. The van der Waals surface area contributed by atoms with Gasteiger partial charge < -0.3 is 10.2 Å². The third kappa shape index (κ3) is 9.86. The summed E-state index contributed by atoms with van der Waals surface area (Å²) < 4.78 is 0. The largest absolute Gasteiger partial charge is 0.344 e. The lowest BCUT2D eigenvalue weighted by molar-refractivity contribution is -0.122. The van der Waals surface area contributed by atoms with Crippen LogP contribution in [0.15, 0.2) is 0 Å². The van der Waals surface area contributed by atoms with E-state index in [1.165, 1.54) is 0 Å². The average molecular weight is 239 g/mol. The minimum atomic E-state index is 0.00218. The van der Waals surface area contributed by atoms with Crippen molar-refractivity contribution in [1.29, 1.82) is 0 Å². The second kappa shape index (κ2) is 9.03. The van der Waals surface area contributed by atoms with Crippen LogP contribution in [0.1, 0.15) is 13.8 Å². The lowest BCUT2D eigenvalue weighted by atomic mass is 10.2. The first-order chi connectivity index (χ1) is 7.95. The van der Waals surface area contributed by atoms with E-state index in [9.17, 15) is 4.79 Å². The number of rotatable bonds is 8. The molecule has 17 heavy (non-hydrogen) atoms. The molecule has 0 unspecified atom stereocenters. The van der Waals surface area contributed by atoms with Gasteiger partial charge in [-0.15, -0.1) is 6.42 Å². The van der Waals surface area contributed by atoms with Crippen LogP contribution in [0.3, 0.4) is 0 Å². The van der Waals surface area contributed by atoms with E-state index in [2.05, 4.69) is 34.9 Å². The number of carbonyl (C=O) groups is 1. The zero-order chi connectivity index (χ0) is 13.3. The smallest absolute Gasteiger partial charge is 0.234 e. The zero-order valence-corrected chi connectivity index (χ0v) is 11.5. The minimum absolute atomic E-state index is 0.00218. The summed E-state index contributed by atoms with van der Waals surface area (Å²) in [5.41, 5.74) is 0. The predicted molar refractivity (Wildman–Crippen MR) is 71.7 cm³/mol. The standard InChI is InChI=1S/C13H25N3O/c1-6-7-14-13(17)11-16(10-12(2)3)9-8-15(4)5/h1,12H,7-11H2,2-5H3,(H,14,17). The Morgan fingerprint density at radius 2 is 2.00 bits per heavy atom. The summed E-state index contributed by atoms with van der Waals surface area (Å²) in [7, 11) is 4.07. The Kier molecular flexibility index (Phi) is 8.47. The van der Waals surface area contributed by atoms with E-state index in [-0.39, 0.29) is 5.91 Å². The normalized spacial score (nSPS) is 10.9. The molecular weight excluding hydrogens is 214 g/mol. The first-order valence-electron chi connectivity index (χ1n) is 6.03. The van der Waals surface area contributed by atoms with Crippen molar-refractivity contribution in [3.63, 3.8) is 0 Å². The van der Waals surface area contributed by atoms with E-state index < -0.39 is 0 Å². The molecular formula is C13H25N3O. The van der Waals surface area contributed by atoms with Gasteiger partial charge in [-0.2, -0.15) is 0 Å². The van der Waals surface area contributed by atoms with Crippen LogP contribution in [-0.2, 0) is 4.79 Å². The fraction of sp³-hybridized carbons (Fsp3) is 0.769. The third-order valence-electron chi connectivity index (χ3n) is 2.24. The summed E-state index contributed by atoms with van der Waals surface area (Å²) in [5, 5.41) is 2.69. The zero-order valence-electron chi connectivity index (χ0n) is 11.5. The van der Waals surface area contributed by atoms with Gasteiger partial charge in [0.05, 0.1) is 13.1 Å². The predicted octanol–water partition coefficient (Wildman–Crippen LogP) is 0.255. The Hall–Kier alpha value is -1.05. The van der Waals surface area contributed by atoms with Gasteiger partial charge in [-0.1, -0.05) is 19.8 Å². The maximum absolute atomic E-state index is 11.6. The van der Waals surface area contributed by atoms with Gasteiger partial charge in [0.25, 0.3) is 0 Å². The highest BCUT2D eigenvalue weighted by Gasteiger charge is 2.11. The molecule has 0 aromatic heterocycles. The molecule has 0 rings (SSSR count). The first-order valence-corrected chi connectivity index (χ1v) is 6.03. The second-order valence-electron chi connectivity index (χ2n) is 4.91. The van der Waals surface area contributed by atoms with Crippen molar-refractivity contribution in [2.24, 2.45) is 5.92 Å². The second-order valence-corrected chi connectivity index (χ2v) is 4.91. The van der Waals surface area contributed by atoms with Gasteiger partial charge >= 0.3 is 0 Å². The first kappa shape index (κ1) is 16.0. The molecule has 4 nitrogen and oxygen atoms in total. The molecule has 4 heteroatoms. The summed E-state index contributed by atoms with van der Waals surface area (Å²) in [6.45, 7) is 7.82. The van der Waals surface area contributed by atoms with Gasteiger partial charge in [0, 0.05) is 19.6 Å². The molecule has 0 bridgehead atoms. The lowest BCUT2D eigenvalue weighted by Gasteiger charge is -2.25. The highest BCUT2D eigenvalue weighted by molar-refractivity contribution is 5.78. The highest BCUT2D eigenvalue weighted by atomic mass is 16.2. The number of terminal acetylenes is 1. The number of hydrogen-bond donors (Lipinski definition) is 1. The van der Waals surface area contributed by atoms with Crippen LogP contribution in [0, 0.1) is 18.3 Å². The molecule has 0 saturated carbocycles. The molecule has 0 aliphatic rings. The molecule has 0 aliphatic carbocycles. The number of likely N-dealkylation sites (N-methyl/N-ethyl adjacent to an activating group) is 1. The van der Waals surface area contributed by atoms with Crippen LogP contribution in [0.2, 0.25) is 0 Å². The minimum Gasteiger partial charge on any atom is -0.344 e. The third-order valence-corrected chi connectivity index (χ3v) is 2.24. The molecule has 0 atom stereocenters. The molecule has 0 aromatic rings. The Balaban J connectivity index is 4.09. The number of nitrogens with zero attached hydrogens (tertiary/aromatic N) is 2. The molecule has 1 amide bonds. The van der Waals surface area contributed by atoms with E-state index in [1.807, 2.05) is 14.1 Å². The van der Waals surface area contributed by atoms with Crippen molar-refractivity contribution in [3.05, 3.63) is 0 Å². The van der Waals surface area contributed by atoms with Crippen molar-refractivity contribution in [1.82, 2.24) is 15.1 Å². The van der Waals surface area contributed by atoms with E-state index in [0.29, 0.717) is 19.0 Å². The molecule has 0 aliphatic heterocycles. The van der Waals surface area contributed by atoms with Crippen LogP contribution >= 0.6 is 0 Å². The average Bonchev–Trinajstić information content (AvgIpc) is 2.22. The topological polar surface area (TPSA) is 35.6 Å². The summed E-state index contributed by atoms with van der Waals surface area (Å²) in [4.78, 5) is 15.9. The van der Waals surface area contributed by atoms with E-state index >= 15 is 0 Å². The lowest BCUT2D eigenvalue weighted by Crippen LogP contribution is -2.41. The SMILES string of the molecule is C#CCNC(=O)CN(CCN(C)C)CC(C)C. The number of hydrogen-bond acceptors (Lipinski definition) is 3. The van der Waals surface area contributed by atoms with Crippen LogP contribution in [-0.4, -0.2) is 62.5 Å². The van der Waals surface area contributed by atoms with Gasteiger partial charge in [0.2, 0.25) is 5.91 Å². The quantitative estimate of drug-likeness (QED) is 0.617. The maximum atomic E-state index is 11.6. The van der Waals surface area contributed by atoms with Crippen LogP contribution in [0.4, 0.5) is 0 Å². The molecule has 0 spiro atoms. The van der Waals surface area contributed by atoms with Crippen molar-refractivity contribution >= 4 is 5.91 Å². The van der Waals surface area contributed by atoms with Gasteiger partial charge in [-0.25, -0.2) is 0 Å². The Bertz CT molecular complexity index is 256. The fourth-order valence-corrected chi connectivity index (χ4v) is 1.50. The van der Waals surface area contributed by atoms with Crippen LogP contribution in [0.5, 0.6) is 0 Å². The highest BCUT2D eigenvalue weighted by Crippen LogP contribution is 1.98. The fourth-order valence-electron chi connectivity index (χ4n) is 1.50. The maximum Gasteiger partial charge on any atom is 0.234 e. The van der Waals surface area contributed by atoms with Gasteiger partial charge in [-0.05, 0) is 20.0 Å². The van der Waals surface area contributed by atoms with Crippen molar-refractivity contribution in [2.75, 3.05) is 46.8 Å². The van der Waals surface area contributed by atoms with Gasteiger partial charge in [0.1, 0.15) is 0 Å². The van der Waals surface area contributed by atoms with Crippen molar-refractivity contribution < 1.29 is 4.79 Å². The molecule has 0 fully saturated rings. The Morgan fingerprint density at radius 3 is 2.47 bits per heavy atom. The molecule has 0 saturated heterocycles. The van der Waals surface area contributed by atoms with Gasteiger partial charge in [-0.3, -0.25) is 9.69 Å². The summed E-state index contributed by atoms with van der Waals surface area (Å²) in [6, 6.07) is 0. The van der Waals surface area contributed by atoms with E-state index in [0.717, 1.165) is 19.6 Å². The van der Waals surface area contributed by atoms with Crippen LogP contribution < -0.4 is 5.32 Å². The number of amides is 1.